The molecule has 0 fully saturated rings. The van der Waals surface area contributed by atoms with Crippen LogP contribution in [0.5, 0.6) is 0 Å². The third-order valence-electron chi connectivity index (χ3n) is 3.80. The molecular formula is C19H18O3P2. The van der Waals surface area contributed by atoms with E-state index >= 15 is 0 Å². The van der Waals surface area contributed by atoms with E-state index in [9.17, 15) is 9.46 Å². The topological polar surface area (TPSA) is 46.5 Å². The minimum atomic E-state index is -3.07. The Bertz CT molecular complexity index is 759. The Hall–Kier alpha value is -1.89. The van der Waals surface area contributed by atoms with E-state index in [0.717, 1.165) is 15.9 Å². The van der Waals surface area contributed by atoms with Crippen LogP contribution in [-0.2, 0) is 9.09 Å². The molecule has 0 aliphatic heterocycles. The van der Waals surface area contributed by atoms with Crippen LogP contribution in [0.25, 0.3) is 0 Å². The van der Waals surface area contributed by atoms with Crippen molar-refractivity contribution in [1.29, 1.82) is 0 Å². The number of hydrogen-bond acceptors (Lipinski definition) is 2. The maximum atomic E-state index is 11.3. The lowest BCUT2D eigenvalue weighted by atomic mass is 10.4. The first-order valence-corrected chi connectivity index (χ1v) is 10.7. The first-order valence-electron chi connectivity index (χ1n) is 7.53. The molecule has 0 bridgehead atoms. The molecule has 0 radical (unpaired) electrons. The van der Waals surface area contributed by atoms with Gasteiger partial charge in [-0.1, -0.05) is 91.0 Å². The first kappa shape index (κ1) is 17.0. The van der Waals surface area contributed by atoms with Gasteiger partial charge in [0, 0.05) is 6.89 Å². The highest BCUT2D eigenvalue weighted by atomic mass is 31.2. The summed E-state index contributed by atoms with van der Waals surface area (Å²) in [6, 6.07) is 30.0. The molecule has 0 amide bonds. The highest BCUT2D eigenvalue weighted by Crippen LogP contribution is 2.44. The van der Waals surface area contributed by atoms with Gasteiger partial charge in [0.1, 0.15) is 0 Å². The zero-order chi connectivity index (χ0) is 16.8. The van der Waals surface area contributed by atoms with Crippen molar-refractivity contribution in [3.8, 4) is 0 Å². The number of benzene rings is 3. The molecule has 24 heavy (non-hydrogen) atoms. The molecule has 1 unspecified atom stereocenters. The molecule has 0 saturated heterocycles. The van der Waals surface area contributed by atoms with E-state index in [1.54, 1.807) is 5.98 Å². The van der Waals surface area contributed by atoms with Crippen molar-refractivity contribution in [3.05, 3.63) is 91.0 Å². The standard InChI is InChI=1S/C19H18O3P2/c20-23(21)22-16-24(17-10-4-1-5-11-17,18-12-6-2-7-13-18)19-14-8-3-9-15-19/h1-16,23H,(H,20,21). The van der Waals surface area contributed by atoms with Gasteiger partial charge in [-0.3, -0.25) is 9.09 Å². The lowest BCUT2D eigenvalue weighted by Crippen LogP contribution is -2.27. The molecule has 3 aromatic rings. The zero-order valence-corrected chi connectivity index (χ0v) is 14.8. The van der Waals surface area contributed by atoms with Crippen molar-refractivity contribution in [2.75, 3.05) is 0 Å². The normalized spacial score (nSPS) is 12.5. The summed E-state index contributed by atoms with van der Waals surface area (Å²) in [6.07, 6.45) is 0. The summed E-state index contributed by atoms with van der Waals surface area (Å²) in [7, 11) is -3.07. The zero-order valence-electron chi connectivity index (χ0n) is 12.9. The average molecular weight is 356 g/mol. The molecule has 0 aliphatic carbocycles. The molecule has 0 aliphatic rings. The quantitative estimate of drug-likeness (QED) is 0.715. The fraction of sp³-hybridized carbons (Fsp3) is 0. The van der Waals surface area contributed by atoms with Gasteiger partial charge in [-0.05, 0) is 15.9 Å². The second kappa shape index (κ2) is 7.79. The van der Waals surface area contributed by atoms with E-state index in [1.165, 1.54) is 0 Å². The average Bonchev–Trinajstić information content (AvgIpc) is 2.65. The third-order valence-corrected chi connectivity index (χ3v) is 8.08. The fourth-order valence-electron chi connectivity index (χ4n) is 2.74. The van der Waals surface area contributed by atoms with Crippen LogP contribution < -0.4 is 15.9 Å². The molecule has 1 atom stereocenters. The van der Waals surface area contributed by atoms with E-state index in [2.05, 4.69) is 0 Å². The highest BCUT2D eigenvalue weighted by molar-refractivity contribution is 7.94. The van der Waals surface area contributed by atoms with Gasteiger partial charge >= 0.3 is 8.25 Å². The highest BCUT2D eigenvalue weighted by Gasteiger charge is 2.25. The van der Waals surface area contributed by atoms with Crippen molar-refractivity contribution >= 4 is 37.0 Å². The van der Waals surface area contributed by atoms with Gasteiger partial charge < -0.3 is 4.89 Å². The molecule has 0 spiro atoms. The van der Waals surface area contributed by atoms with Crippen LogP contribution in [0.3, 0.4) is 0 Å². The van der Waals surface area contributed by atoms with Crippen LogP contribution in [0.1, 0.15) is 0 Å². The number of hydrogen-bond donors (Lipinski definition) is 1. The minimum absolute atomic E-state index is 1.07. The summed E-state index contributed by atoms with van der Waals surface area (Å²) in [5.74, 6) is 1.59. The van der Waals surface area contributed by atoms with Crippen molar-refractivity contribution in [1.82, 2.24) is 0 Å². The molecule has 3 nitrogen and oxygen atoms in total. The summed E-state index contributed by atoms with van der Waals surface area (Å²) < 4.78 is 16.5. The van der Waals surface area contributed by atoms with Crippen molar-refractivity contribution in [3.63, 3.8) is 0 Å². The van der Waals surface area contributed by atoms with Gasteiger partial charge in [0.05, 0.1) is 5.98 Å². The molecule has 0 saturated carbocycles. The Kier molecular flexibility index (Phi) is 5.50. The lowest BCUT2D eigenvalue weighted by Gasteiger charge is -2.27. The predicted octanol–water partition coefficient (Wildman–Crippen LogP) is 3.14. The Balaban J connectivity index is 2.37. The molecule has 3 aromatic carbocycles. The van der Waals surface area contributed by atoms with Gasteiger partial charge in [0.15, 0.2) is 0 Å². The maximum absolute atomic E-state index is 11.3. The van der Waals surface area contributed by atoms with E-state index in [4.69, 9.17) is 4.52 Å². The van der Waals surface area contributed by atoms with Crippen LogP contribution >= 0.6 is 15.1 Å². The summed E-state index contributed by atoms with van der Waals surface area (Å²) in [5, 5.41) is 3.22. The molecular weight excluding hydrogens is 338 g/mol. The molecule has 1 N–H and O–H groups in total. The summed E-state index contributed by atoms with van der Waals surface area (Å²) in [5.41, 5.74) is 0. The van der Waals surface area contributed by atoms with Gasteiger partial charge in [0.25, 0.3) is 0 Å². The predicted molar refractivity (Wildman–Crippen MR) is 104 cm³/mol. The SMILES string of the molecule is O=[PH](O)OC=P(c1ccccc1)(c1ccccc1)c1ccccc1. The van der Waals surface area contributed by atoms with Crippen molar-refractivity contribution in [2.24, 2.45) is 0 Å². The van der Waals surface area contributed by atoms with Gasteiger partial charge in [-0.15, -0.1) is 0 Å². The van der Waals surface area contributed by atoms with Crippen molar-refractivity contribution in [2.45, 2.75) is 0 Å². The van der Waals surface area contributed by atoms with Gasteiger partial charge in [-0.25, -0.2) is 0 Å². The monoisotopic (exact) mass is 356 g/mol. The third kappa shape index (κ3) is 3.45. The Morgan fingerprint density at radius 1 is 0.708 bits per heavy atom. The van der Waals surface area contributed by atoms with Crippen LogP contribution in [0, 0.1) is 0 Å². The van der Waals surface area contributed by atoms with E-state index in [-0.39, 0.29) is 0 Å². The smallest absolute Gasteiger partial charge is 0.321 e. The van der Waals surface area contributed by atoms with Crippen LogP contribution in [0.15, 0.2) is 91.0 Å². The molecule has 3 rings (SSSR count). The summed E-state index contributed by atoms with van der Waals surface area (Å²) in [6.45, 7) is -2.29. The number of rotatable bonds is 5. The first-order chi connectivity index (χ1) is 11.7. The molecule has 0 aromatic heterocycles. The largest absolute Gasteiger partial charge is 0.326 e. The van der Waals surface area contributed by atoms with Crippen LogP contribution in [-0.4, -0.2) is 10.9 Å². The van der Waals surface area contributed by atoms with E-state index < -0.39 is 15.1 Å². The van der Waals surface area contributed by atoms with E-state index in [0.29, 0.717) is 0 Å². The maximum Gasteiger partial charge on any atom is 0.321 e. The minimum Gasteiger partial charge on any atom is -0.326 e. The van der Waals surface area contributed by atoms with Crippen LogP contribution in [0.2, 0.25) is 0 Å². The Morgan fingerprint density at radius 3 is 1.33 bits per heavy atom. The summed E-state index contributed by atoms with van der Waals surface area (Å²) in [4.78, 5) is 9.27. The molecule has 0 heterocycles. The van der Waals surface area contributed by atoms with Crippen LogP contribution in [0.4, 0.5) is 0 Å². The van der Waals surface area contributed by atoms with E-state index in [1.807, 2.05) is 91.0 Å². The Morgan fingerprint density at radius 2 is 1.04 bits per heavy atom. The van der Waals surface area contributed by atoms with Gasteiger partial charge in [0.2, 0.25) is 0 Å². The second-order valence-electron chi connectivity index (χ2n) is 5.22. The van der Waals surface area contributed by atoms with Gasteiger partial charge in [-0.2, -0.15) is 0 Å². The second-order valence-corrected chi connectivity index (χ2v) is 9.19. The molecule has 122 valence electrons. The fourth-order valence-corrected chi connectivity index (χ4v) is 6.92. The molecule has 5 heteroatoms. The Labute approximate surface area is 142 Å². The summed E-state index contributed by atoms with van der Waals surface area (Å²) >= 11 is 0. The lowest BCUT2D eigenvalue weighted by molar-refractivity contribution is 0.416. The van der Waals surface area contributed by atoms with Crippen molar-refractivity contribution < 1.29 is 14.0 Å².